The number of benzene rings is 1. The molecule has 0 bridgehead atoms. The van der Waals surface area contributed by atoms with Crippen LogP contribution in [-0.2, 0) is 6.61 Å². The predicted molar refractivity (Wildman–Crippen MR) is 63.3 cm³/mol. The van der Waals surface area contributed by atoms with Gasteiger partial charge in [0.2, 0.25) is 11.7 Å². The quantitative estimate of drug-likeness (QED) is 0.877. The van der Waals surface area contributed by atoms with E-state index in [1.54, 1.807) is 13.0 Å². The molecule has 0 aliphatic heterocycles. The molecule has 2 aromatic rings. The molecule has 0 amide bonds. The highest BCUT2D eigenvalue weighted by Gasteiger charge is 2.13. The lowest BCUT2D eigenvalue weighted by molar-refractivity contribution is 0.0691. The number of aromatic carboxylic acids is 1. The Morgan fingerprint density at radius 3 is 2.84 bits per heavy atom. The van der Waals surface area contributed by atoms with Crippen LogP contribution in [0, 0.1) is 6.92 Å². The molecule has 1 N–H and O–H groups in total. The highest BCUT2D eigenvalue weighted by atomic mass is 16.5. The SMILES string of the molecule is COc1ccc(C(=O)O)c(OCc2noc(C)n2)c1. The molecule has 0 aliphatic rings. The molecule has 0 radical (unpaired) electrons. The number of carboxylic acid groups (broad SMARTS) is 1. The molecule has 100 valence electrons. The summed E-state index contributed by atoms with van der Waals surface area (Å²) in [6, 6.07) is 4.46. The normalized spacial score (nSPS) is 10.2. The largest absolute Gasteiger partial charge is 0.497 e. The average Bonchev–Trinajstić information content (AvgIpc) is 2.81. The summed E-state index contributed by atoms with van der Waals surface area (Å²) in [7, 11) is 1.49. The Labute approximate surface area is 108 Å². The molecular weight excluding hydrogens is 252 g/mol. The Morgan fingerprint density at radius 2 is 2.26 bits per heavy atom. The Balaban J connectivity index is 2.19. The van der Waals surface area contributed by atoms with Crippen molar-refractivity contribution in [2.24, 2.45) is 0 Å². The lowest BCUT2D eigenvalue weighted by Crippen LogP contribution is -2.04. The highest BCUT2D eigenvalue weighted by molar-refractivity contribution is 5.91. The molecule has 0 aliphatic carbocycles. The van der Waals surface area contributed by atoms with Crippen LogP contribution in [0.15, 0.2) is 22.7 Å². The topological polar surface area (TPSA) is 94.7 Å². The van der Waals surface area contributed by atoms with E-state index in [-0.39, 0.29) is 17.9 Å². The first-order valence-electron chi connectivity index (χ1n) is 5.43. The molecule has 1 aromatic heterocycles. The third kappa shape index (κ3) is 3.01. The number of aromatic nitrogens is 2. The lowest BCUT2D eigenvalue weighted by atomic mass is 10.2. The first-order valence-corrected chi connectivity index (χ1v) is 5.43. The summed E-state index contributed by atoms with van der Waals surface area (Å²) in [4.78, 5) is 15.0. The first kappa shape index (κ1) is 12.9. The van der Waals surface area contributed by atoms with Crippen molar-refractivity contribution in [3.8, 4) is 11.5 Å². The average molecular weight is 264 g/mol. The molecule has 0 saturated carbocycles. The second-order valence-electron chi connectivity index (χ2n) is 3.69. The summed E-state index contributed by atoms with van der Waals surface area (Å²) >= 11 is 0. The Morgan fingerprint density at radius 1 is 1.47 bits per heavy atom. The number of aryl methyl sites for hydroxylation is 1. The minimum absolute atomic E-state index is 0.0186. The monoisotopic (exact) mass is 264 g/mol. The second kappa shape index (κ2) is 5.38. The molecule has 0 atom stereocenters. The smallest absolute Gasteiger partial charge is 0.339 e. The number of methoxy groups -OCH3 is 1. The molecule has 19 heavy (non-hydrogen) atoms. The van der Waals surface area contributed by atoms with E-state index in [9.17, 15) is 4.79 Å². The molecule has 1 heterocycles. The maximum Gasteiger partial charge on any atom is 0.339 e. The summed E-state index contributed by atoms with van der Waals surface area (Å²) in [5, 5.41) is 12.7. The van der Waals surface area contributed by atoms with Gasteiger partial charge in [0.1, 0.15) is 17.1 Å². The van der Waals surface area contributed by atoms with Crippen molar-refractivity contribution in [1.29, 1.82) is 0 Å². The molecular formula is C12H12N2O5. The van der Waals surface area contributed by atoms with E-state index in [1.807, 2.05) is 0 Å². The van der Waals surface area contributed by atoms with Gasteiger partial charge in [-0.1, -0.05) is 5.16 Å². The fourth-order valence-electron chi connectivity index (χ4n) is 1.47. The first-order chi connectivity index (χ1) is 9.10. The van der Waals surface area contributed by atoms with E-state index in [0.29, 0.717) is 17.5 Å². The summed E-state index contributed by atoms with van der Waals surface area (Å²) in [5.41, 5.74) is 0.0426. The van der Waals surface area contributed by atoms with Gasteiger partial charge in [0.05, 0.1) is 7.11 Å². The van der Waals surface area contributed by atoms with E-state index in [4.69, 9.17) is 19.1 Å². The van der Waals surface area contributed by atoms with Crippen LogP contribution < -0.4 is 9.47 Å². The summed E-state index contributed by atoms with van der Waals surface area (Å²) in [6.07, 6.45) is 0. The maximum atomic E-state index is 11.1. The van der Waals surface area contributed by atoms with Gasteiger partial charge in [-0.3, -0.25) is 0 Å². The molecule has 0 fully saturated rings. The Bertz CT molecular complexity index is 594. The van der Waals surface area contributed by atoms with Gasteiger partial charge in [0.25, 0.3) is 0 Å². The number of hydrogen-bond acceptors (Lipinski definition) is 6. The van der Waals surface area contributed by atoms with Crippen LogP contribution in [0.25, 0.3) is 0 Å². The Kier molecular flexibility index (Phi) is 3.65. The highest BCUT2D eigenvalue weighted by Crippen LogP contribution is 2.25. The van der Waals surface area contributed by atoms with Crippen molar-refractivity contribution < 1.29 is 23.9 Å². The second-order valence-corrected chi connectivity index (χ2v) is 3.69. The van der Waals surface area contributed by atoms with Crippen LogP contribution in [0.3, 0.4) is 0 Å². The number of rotatable bonds is 5. The van der Waals surface area contributed by atoms with Crippen molar-refractivity contribution in [2.75, 3.05) is 7.11 Å². The van der Waals surface area contributed by atoms with Gasteiger partial charge in [0.15, 0.2) is 6.61 Å². The molecule has 0 unspecified atom stereocenters. The van der Waals surface area contributed by atoms with Gasteiger partial charge in [0, 0.05) is 13.0 Å². The van der Waals surface area contributed by atoms with E-state index >= 15 is 0 Å². The van der Waals surface area contributed by atoms with Crippen molar-refractivity contribution in [1.82, 2.24) is 10.1 Å². The predicted octanol–water partition coefficient (Wildman–Crippen LogP) is 1.66. The van der Waals surface area contributed by atoms with E-state index in [1.165, 1.54) is 19.2 Å². The summed E-state index contributed by atoms with van der Waals surface area (Å²) in [5.74, 6) is 0.375. The zero-order valence-electron chi connectivity index (χ0n) is 10.4. The molecule has 2 rings (SSSR count). The van der Waals surface area contributed by atoms with Crippen molar-refractivity contribution in [2.45, 2.75) is 13.5 Å². The minimum Gasteiger partial charge on any atom is -0.497 e. The van der Waals surface area contributed by atoms with Gasteiger partial charge in [-0.2, -0.15) is 4.98 Å². The zero-order valence-corrected chi connectivity index (χ0v) is 10.4. The molecule has 7 nitrogen and oxygen atoms in total. The number of carbonyl (C=O) groups is 1. The maximum absolute atomic E-state index is 11.1. The van der Waals surface area contributed by atoms with Crippen LogP contribution in [0.2, 0.25) is 0 Å². The fourth-order valence-corrected chi connectivity index (χ4v) is 1.47. The van der Waals surface area contributed by atoms with Gasteiger partial charge < -0.3 is 19.1 Å². The summed E-state index contributed by atoms with van der Waals surface area (Å²) < 4.78 is 15.2. The third-order valence-electron chi connectivity index (χ3n) is 2.35. The van der Waals surface area contributed by atoms with Crippen LogP contribution in [0.5, 0.6) is 11.5 Å². The minimum atomic E-state index is -1.08. The number of ether oxygens (including phenoxy) is 2. The van der Waals surface area contributed by atoms with Gasteiger partial charge >= 0.3 is 5.97 Å². The fraction of sp³-hybridized carbons (Fsp3) is 0.250. The van der Waals surface area contributed by atoms with Crippen molar-refractivity contribution in [3.63, 3.8) is 0 Å². The van der Waals surface area contributed by atoms with E-state index in [2.05, 4.69) is 10.1 Å². The third-order valence-corrected chi connectivity index (χ3v) is 2.35. The van der Waals surface area contributed by atoms with Crippen LogP contribution in [-0.4, -0.2) is 28.3 Å². The molecule has 1 aromatic carbocycles. The number of hydrogen-bond donors (Lipinski definition) is 1. The zero-order chi connectivity index (χ0) is 13.8. The molecule has 7 heteroatoms. The molecule has 0 saturated heterocycles. The van der Waals surface area contributed by atoms with E-state index < -0.39 is 5.97 Å². The van der Waals surface area contributed by atoms with Crippen LogP contribution in [0.4, 0.5) is 0 Å². The lowest BCUT2D eigenvalue weighted by Gasteiger charge is -2.09. The Hall–Kier alpha value is -2.57. The molecule has 0 spiro atoms. The number of carboxylic acids is 1. The standard InChI is InChI=1S/C12H12N2O5/c1-7-13-11(14-19-7)6-18-10-5-8(17-2)3-4-9(10)12(15)16/h3-5H,6H2,1-2H3,(H,15,16). The van der Waals surface area contributed by atoms with E-state index in [0.717, 1.165) is 0 Å². The van der Waals surface area contributed by atoms with Gasteiger partial charge in [-0.25, -0.2) is 4.79 Å². The van der Waals surface area contributed by atoms with Gasteiger partial charge in [-0.15, -0.1) is 0 Å². The van der Waals surface area contributed by atoms with Crippen molar-refractivity contribution >= 4 is 5.97 Å². The summed E-state index contributed by atoms with van der Waals surface area (Å²) in [6.45, 7) is 1.68. The number of nitrogens with zero attached hydrogens (tertiary/aromatic N) is 2. The van der Waals surface area contributed by atoms with Crippen LogP contribution >= 0.6 is 0 Å². The van der Waals surface area contributed by atoms with Gasteiger partial charge in [-0.05, 0) is 12.1 Å². The van der Waals surface area contributed by atoms with Crippen LogP contribution in [0.1, 0.15) is 22.1 Å². The van der Waals surface area contributed by atoms with Crippen molar-refractivity contribution in [3.05, 3.63) is 35.5 Å².